The first-order valence-corrected chi connectivity index (χ1v) is 3.83. The summed E-state index contributed by atoms with van der Waals surface area (Å²) >= 11 is 0. The van der Waals surface area contributed by atoms with E-state index in [0.29, 0.717) is 0 Å². The Kier molecular flexibility index (Phi) is 3.42. The standard InChI is InChI=1S/C7H14O5/c1-11-3-5-7(10)4(8)2-6(9)12-5/h4-10H,2-3H2,1H3/t4?,5-,6-,7-/m1/s1. The summed E-state index contributed by atoms with van der Waals surface area (Å²) in [4.78, 5) is 0. The van der Waals surface area contributed by atoms with Gasteiger partial charge in [-0.05, 0) is 0 Å². The Hall–Kier alpha value is -0.200. The van der Waals surface area contributed by atoms with Gasteiger partial charge in [0.25, 0.3) is 0 Å². The van der Waals surface area contributed by atoms with E-state index < -0.39 is 24.6 Å². The van der Waals surface area contributed by atoms with Gasteiger partial charge < -0.3 is 24.8 Å². The van der Waals surface area contributed by atoms with Gasteiger partial charge in [-0.3, -0.25) is 0 Å². The third-order valence-electron chi connectivity index (χ3n) is 1.88. The average Bonchev–Trinajstić information content (AvgIpc) is 2.00. The molecule has 0 aromatic rings. The van der Waals surface area contributed by atoms with Gasteiger partial charge >= 0.3 is 0 Å². The minimum atomic E-state index is -1.01. The molecule has 1 aliphatic rings. The number of aliphatic hydroxyl groups excluding tert-OH is 3. The maximum Gasteiger partial charge on any atom is 0.157 e. The predicted octanol–water partition coefficient (Wildman–Crippen LogP) is -1.54. The predicted molar refractivity (Wildman–Crippen MR) is 39.4 cm³/mol. The number of ether oxygens (including phenoxy) is 2. The zero-order chi connectivity index (χ0) is 9.14. The third-order valence-corrected chi connectivity index (χ3v) is 1.88. The van der Waals surface area contributed by atoms with Crippen molar-refractivity contribution in [3.8, 4) is 0 Å². The molecule has 5 nitrogen and oxygen atoms in total. The van der Waals surface area contributed by atoms with Crippen LogP contribution in [0.25, 0.3) is 0 Å². The molecule has 0 saturated carbocycles. The monoisotopic (exact) mass is 178 g/mol. The lowest BCUT2D eigenvalue weighted by molar-refractivity contribution is -0.241. The van der Waals surface area contributed by atoms with Crippen LogP contribution in [0.2, 0.25) is 0 Å². The molecule has 4 atom stereocenters. The van der Waals surface area contributed by atoms with Gasteiger partial charge in [-0.25, -0.2) is 0 Å². The lowest BCUT2D eigenvalue weighted by Crippen LogP contribution is -2.50. The van der Waals surface area contributed by atoms with Crippen molar-refractivity contribution in [2.24, 2.45) is 0 Å². The van der Waals surface area contributed by atoms with Crippen molar-refractivity contribution >= 4 is 0 Å². The van der Waals surface area contributed by atoms with Crippen LogP contribution >= 0.6 is 0 Å². The van der Waals surface area contributed by atoms with E-state index in [9.17, 15) is 10.2 Å². The van der Waals surface area contributed by atoms with Crippen LogP contribution in [-0.4, -0.2) is 53.6 Å². The molecule has 3 N–H and O–H groups in total. The number of rotatable bonds is 2. The van der Waals surface area contributed by atoms with E-state index in [1.165, 1.54) is 7.11 Å². The highest BCUT2D eigenvalue weighted by Gasteiger charge is 2.35. The van der Waals surface area contributed by atoms with Crippen molar-refractivity contribution in [2.75, 3.05) is 13.7 Å². The summed E-state index contributed by atoms with van der Waals surface area (Å²) in [6.45, 7) is 0.162. The summed E-state index contributed by atoms with van der Waals surface area (Å²) in [7, 11) is 1.46. The highest BCUT2D eigenvalue weighted by Crippen LogP contribution is 2.18. The van der Waals surface area contributed by atoms with Gasteiger partial charge in [-0.1, -0.05) is 0 Å². The average molecular weight is 178 g/mol. The topological polar surface area (TPSA) is 79.2 Å². The molecule has 1 fully saturated rings. The molecule has 0 radical (unpaired) electrons. The van der Waals surface area contributed by atoms with Gasteiger partial charge in [0.05, 0.1) is 12.7 Å². The highest BCUT2D eigenvalue weighted by molar-refractivity contribution is 4.81. The number of methoxy groups -OCH3 is 1. The minimum absolute atomic E-state index is 0.0430. The SMILES string of the molecule is COC[C@H]1O[C@@H](O)CC(O)[C@H]1O. The lowest BCUT2D eigenvalue weighted by Gasteiger charge is -2.34. The third kappa shape index (κ3) is 2.15. The van der Waals surface area contributed by atoms with Gasteiger partial charge in [0.2, 0.25) is 0 Å². The normalized spacial score (nSPS) is 43.0. The van der Waals surface area contributed by atoms with Gasteiger partial charge in [-0.2, -0.15) is 0 Å². The largest absolute Gasteiger partial charge is 0.390 e. The van der Waals surface area contributed by atoms with E-state index >= 15 is 0 Å². The molecular formula is C7H14O5. The Morgan fingerprint density at radius 1 is 1.42 bits per heavy atom. The van der Waals surface area contributed by atoms with Crippen LogP contribution in [0, 0.1) is 0 Å². The summed E-state index contributed by atoms with van der Waals surface area (Å²) in [6, 6.07) is 0. The molecule has 0 aromatic carbocycles. The molecule has 0 amide bonds. The summed E-state index contributed by atoms with van der Waals surface area (Å²) in [5.41, 5.74) is 0. The molecule has 5 heteroatoms. The highest BCUT2D eigenvalue weighted by atomic mass is 16.6. The molecule has 0 aromatic heterocycles. The molecule has 0 bridgehead atoms. The fourth-order valence-corrected chi connectivity index (χ4v) is 1.23. The van der Waals surface area contributed by atoms with Gasteiger partial charge in [0.1, 0.15) is 12.2 Å². The van der Waals surface area contributed by atoms with Crippen LogP contribution < -0.4 is 0 Å². The van der Waals surface area contributed by atoms with Crippen molar-refractivity contribution in [1.82, 2.24) is 0 Å². The van der Waals surface area contributed by atoms with Crippen molar-refractivity contribution in [2.45, 2.75) is 31.0 Å². The molecule has 0 spiro atoms. The zero-order valence-corrected chi connectivity index (χ0v) is 6.88. The first-order valence-electron chi connectivity index (χ1n) is 3.83. The maximum absolute atomic E-state index is 9.32. The Labute approximate surface area is 70.5 Å². The Morgan fingerprint density at radius 3 is 2.67 bits per heavy atom. The van der Waals surface area contributed by atoms with E-state index in [1.54, 1.807) is 0 Å². The van der Waals surface area contributed by atoms with Gasteiger partial charge in [0, 0.05) is 13.5 Å². The molecule has 0 aliphatic carbocycles. The van der Waals surface area contributed by atoms with E-state index in [-0.39, 0.29) is 13.0 Å². The summed E-state index contributed by atoms with van der Waals surface area (Å²) < 4.78 is 9.67. The lowest BCUT2D eigenvalue weighted by atomic mass is 10.0. The van der Waals surface area contributed by atoms with E-state index in [4.69, 9.17) is 14.6 Å². The van der Waals surface area contributed by atoms with Crippen LogP contribution in [-0.2, 0) is 9.47 Å². The van der Waals surface area contributed by atoms with E-state index in [1.807, 2.05) is 0 Å². The molecule has 72 valence electrons. The van der Waals surface area contributed by atoms with Crippen molar-refractivity contribution in [3.63, 3.8) is 0 Å². The van der Waals surface area contributed by atoms with Crippen molar-refractivity contribution in [3.05, 3.63) is 0 Å². The Balaban J connectivity index is 2.47. The molecule has 12 heavy (non-hydrogen) atoms. The molecule has 1 rings (SSSR count). The quantitative estimate of drug-likeness (QED) is 0.477. The second-order valence-corrected chi connectivity index (χ2v) is 2.88. The van der Waals surface area contributed by atoms with E-state index in [0.717, 1.165) is 0 Å². The fraction of sp³-hybridized carbons (Fsp3) is 1.00. The molecule has 1 aliphatic heterocycles. The first kappa shape index (κ1) is 9.88. The molecule has 1 heterocycles. The van der Waals surface area contributed by atoms with E-state index in [2.05, 4.69) is 0 Å². The van der Waals surface area contributed by atoms with Gasteiger partial charge in [-0.15, -0.1) is 0 Å². The molecular weight excluding hydrogens is 164 g/mol. The molecule has 1 unspecified atom stereocenters. The summed E-state index contributed by atoms with van der Waals surface area (Å²) in [5, 5.41) is 27.6. The minimum Gasteiger partial charge on any atom is -0.390 e. The number of hydrogen-bond acceptors (Lipinski definition) is 5. The first-order chi connectivity index (χ1) is 5.65. The van der Waals surface area contributed by atoms with Crippen LogP contribution in [0.15, 0.2) is 0 Å². The second-order valence-electron chi connectivity index (χ2n) is 2.88. The second kappa shape index (κ2) is 4.15. The van der Waals surface area contributed by atoms with Crippen LogP contribution in [0.5, 0.6) is 0 Å². The number of hydrogen-bond donors (Lipinski definition) is 3. The smallest absolute Gasteiger partial charge is 0.157 e. The molecule has 1 saturated heterocycles. The Morgan fingerprint density at radius 2 is 2.08 bits per heavy atom. The zero-order valence-electron chi connectivity index (χ0n) is 6.88. The van der Waals surface area contributed by atoms with Crippen LogP contribution in [0.1, 0.15) is 6.42 Å². The van der Waals surface area contributed by atoms with Crippen molar-refractivity contribution < 1.29 is 24.8 Å². The Bertz CT molecular complexity index is 140. The summed E-state index contributed by atoms with van der Waals surface area (Å²) in [5.74, 6) is 0. The fourth-order valence-electron chi connectivity index (χ4n) is 1.23. The van der Waals surface area contributed by atoms with Gasteiger partial charge in [0.15, 0.2) is 6.29 Å². The maximum atomic E-state index is 9.32. The van der Waals surface area contributed by atoms with Crippen LogP contribution in [0.3, 0.4) is 0 Å². The summed E-state index contributed by atoms with van der Waals surface area (Å²) in [6.07, 6.45) is -3.53. The van der Waals surface area contributed by atoms with Crippen molar-refractivity contribution in [1.29, 1.82) is 0 Å². The number of aliphatic hydroxyl groups is 3. The van der Waals surface area contributed by atoms with Crippen LogP contribution in [0.4, 0.5) is 0 Å².